The summed E-state index contributed by atoms with van der Waals surface area (Å²) < 4.78 is 11.8. The lowest BCUT2D eigenvalue weighted by Crippen LogP contribution is -2.43. The summed E-state index contributed by atoms with van der Waals surface area (Å²) in [4.78, 5) is 4.35. The number of rotatable bonds is 2. The van der Waals surface area contributed by atoms with Gasteiger partial charge in [0.05, 0.1) is 30.3 Å². The number of nitriles is 2. The molecule has 128 valence electrons. The molecule has 0 unspecified atom stereocenters. The third-order valence-corrected chi connectivity index (χ3v) is 6.20. The van der Waals surface area contributed by atoms with E-state index in [0.29, 0.717) is 11.4 Å². The first-order valence-electron chi connectivity index (χ1n) is 8.17. The molecule has 2 heterocycles. The molecule has 1 aromatic rings. The highest BCUT2D eigenvalue weighted by molar-refractivity contribution is 6.30. The summed E-state index contributed by atoms with van der Waals surface area (Å²) in [5.41, 5.74) is 3.45. The zero-order valence-corrected chi connectivity index (χ0v) is 14.7. The zero-order valence-electron chi connectivity index (χ0n) is 13.9. The van der Waals surface area contributed by atoms with E-state index in [1.165, 1.54) is 0 Å². The number of fused-ring (bicyclic) bond motifs is 2. The summed E-state index contributed by atoms with van der Waals surface area (Å²) in [6.45, 7) is 4.06. The third kappa shape index (κ3) is 1.39. The van der Waals surface area contributed by atoms with Gasteiger partial charge in [0, 0.05) is 5.02 Å². The van der Waals surface area contributed by atoms with Gasteiger partial charge in [-0.3, -0.25) is 0 Å². The Morgan fingerprint density at radius 1 is 1.40 bits per heavy atom. The van der Waals surface area contributed by atoms with Crippen molar-refractivity contribution in [1.29, 1.82) is 10.5 Å². The first kappa shape index (κ1) is 16.4. The second kappa shape index (κ2) is 4.74. The molecule has 1 aliphatic carbocycles. The summed E-state index contributed by atoms with van der Waals surface area (Å²) in [5.74, 6) is -1.47. The van der Waals surface area contributed by atoms with Crippen LogP contribution in [0.3, 0.4) is 0 Å². The molecule has 0 radical (unpaired) electrons. The van der Waals surface area contributed by atoms with Gasteiger partial charge in [0.1, 0.15) is 5.84 Å². The van der Waals surface area contributed by atoms with Crippen molar-refractivity contribution in [1.82, 2.24) is 0 Å². The van der Waals surface area contributed by atoms with Gasteiger partial charge in [-0.2, -0.15) is 10.5 Å². The Labute approximate surface area is 150 Å². The monoisotopic (exact) mass is 356 g/mol. The van der Waals surface area contributed by atoms with Gasteiger partial charge >= 0.3 is 0 Å². The largest absolute Gasteiger partial charge is 0.386 e. The number of benzene rings is 1. The van der Waals surface area contributed by atoms with Crippen molar-refractivity contribution in [3.05, 3.63) is 34.9 Å². The minimum atomic E-state index is -1.56. The van der Waals surface area contributed by atoms with E-state index in [9.17, 15) is 10.5 Å². The standard InChI is InChI=1S/C18H17ClN4O2/c1-3-15(12-5-4-6-13(19)7-12)16(9-20)14(22)23-18(17(15,16)10-21)24-8-11(2)25-18/h4-7,11H,3,8H2,1-2H3,(H2,22,23)/t11-,15-,16-,17+,18+/m0/s1. The topological polar surface area (TPSA) is 104 Å². The van der Waals surface area contributed by atoms with Crippen LogP contribution in [0.15, 0.2) is 29.3 Å². The molecule has 0 bridgehead atoms. The maximum Gasteiger partial charge on any atom is 0.294 e. The van der Waals surface area contributed by atoms with Crippen LogP contribution in [0.25, 0.3) is 0 Å². The summed E-state index contributed by atoms with van der Waals surface area (Å²) in [5, 5.41) is 20.9. The number of nitrogens with zero attached hydrogens (tertiary/aromatic N) is 3. The molecule has 4 rings (SSSR count). The van der Waals surface area contributed by atoms with E-state index < -0.39 is 22.2 Å². The van der Waals surface area contributed by atoms with E-state index in [1.54, 1.807) is 18.2 Å². The third-order valence-electron chi connectivity index (χ3n) is 5.96. The van der Waals surface area contributed by atoms with Gasteiger partial charge < -0.3 is 15.2 Å². The van der Waals surface area contributed by atoms with Crippen molar-refractivity contribution in [2.24, 2.45) is 21.6 Å². The van der Waals surface area contributed by atoms with E-state index in [0.717, 1.165) is 5.56 Å². The molecule has 1 saturated heterocycles. The smallest absolute Gasteiger partial charge is 0.294 e. The van der Waals surface area contributed by atoms with E-state index in [-0.39, 0.29) is 18.5 Å². The molecule has 1 aromatic carbocycles. The van der Waals surface area contributed by atoms with E-state index >= 15 is 0 Å². The van der Waals surface area contributed by atoms with Crippen LogP contribution in [-0.2, 0) is 14.9 Å². The van der Waals surface area contributed by atoms with Gasteiger partial charge in [-0.15, -0.1) is 0 Å². The highest BCUT2D eigenvalue weighted by Crippen LogP contribution is 2.86. The van der Waals surface area contributed by atoms with Gasteiger partial charge in [-0.25, -0.2) is 4.99 Å². The zero-order chi connectivity index (χ0) is 18.1. The number of hydrogen-bond donors (Lipinski definition) is 1. The normalized spacial score (nSPS) is 44.0. The SMILES string of the molecule is CC[C@]1(c2cccc(Cl)c2)[C@]2(C#N)C(N)=N[C@@]3(OC[C@H](C)O3)[C@@]21C#N. The molecule has 1 saturated carbocycles. The highest BCUT2D eigenvalue weighted by atomic mass is 35.5. The first-order chi connectivity index (χ1) is 11.9. The van der Waals surface area contributed by atoms with E-state index in [1.807, 2.05) is 19.9 Å². The van der Waals surface area contributed by atoms with Crippen LogP contribution in [0.5, 0.6) is 0 Å². The average Bonchev–Trinajstić information content (AvgIpc) is 2.86. The fourth-order valence-electron chi connectivity index (χ4n) is 5.11. The maximum atomic E-state index is 10.3. The van der Waals surface area contributed by atoms with E-state index in [4.69, 9.17) is 26.8 Å². The van der Waals surface area contributed by atoms with Crippen LogP contribution >= 0.6 is 11.6 Å². The number of halogens is 1. The Hall–Kier alpha value is -2.12. The predicted octanol–water partition coefficient (Wildman–Crippen LogP) is 2.48. The number of amidine groups is 1. The molecule has 5 atom stereocenters. The summed E-state index contributed by atoms with van der Waals surface area (Å²) in [6.07, 6.45) is 0.249. The molecular weight excluding hydrogens is 340 g/mol. The Morgan fingerprint density at radius 2 is 2.16 bits per heavy atom. The Morgan fingerprint density at radius 3 is 2.68 bits per heavy atom. The van der Waals surface area contributed by atoms with Gasteiger partial charge in [0.25, 0.3) is 5.91 Å². The molecule has 7 heteroatoms. The fourth-order valence-corrected chi connectivity index (χ4v) is 5.30. The van der Waals surface area contributed by atoms with Gasteiger partial charge in [0.2, 0.25) is 0 Å². The number of aliphatic imine (C=N–C) groups is 1. The molecule has 25 heavy (non-hydrogen) atoms. The Bertz CT molecular complexity index is 890. The molecule has 0 amide bonds. The molecule has 2 N–H and O–H groups in total. The quantitative estimate of drug-likeness (QED) is 0.876. The molecular formula is C18H17ClN4O2. The number of nitrogens with two attached hydrogens (primary N) is 1. The Balaban J connectivity index is 2.04. The first-order valence-corrected chi connectivity index (χ1v) is 8.55. The second-order valence-corrected chi connectivity index (χ2v) is 7.25. The number of hydrogen-bond acceptors (Lipinski definition) is 6. The highest BCUT2D eigenvalue weighted by Gasteiger charge is 3.01. The summed E-state index contributed by atoms with van der Waals surface area (Å²) in [7, 11) is 0. The molecule has 2 fully saturated rings. The Kier molecular flexibility index (Phi) is 3.10. The van der Waals surface area contributed by atoms with Crippen LogP contribution in [0, 0.1) is 33.5 Å². The lowest BCUT2D eigenvalue weighted by atomic mass is 9.80. The van der Waals surface area contributed by atoms with Crippen LogP contribution in [0.2, 0.25) is 5.02 Å². The lowest BCUT2D eigenvalue weighted by Gasteiger charge is -2.31. The molecule has 1 spiro atoms. The molecule has 2 aliphatic heterocycles. The van der Waals surface area contributed by atoms with Gasteiger partial charge in [0.15, 0.2) is 10.8 Å². The minimum Gasteiger partial charge on any atom is -0.386 e. The van der Waals surface area contributed by atoms with Crippen LogP contribution in [-0.4, -0.2) is 24.5 Å². The van der Waals surface area contributed by atoms with Crippen molar-refractivity contribution in [2.75, 3.05) is 6.61 Å². The maximum absolute atomic E-state index is 10.3. The van der Waals surface area contributed by atoms with Crippen LogP contribution < -0.4 is 5.73 Å². The van der Waals surface area contributed by atoms with Crippen LogP contribution in [0.4, 0.5) is 0 Å². The van der Waals surface area contributed by atoms with Gasteiger partial charge in [-0.1, -0.05) is 30.7 Å². The molecule has 0 aromatic heterocycles. The van der Waals surface area contributed by atoms with Crippen molar-refractivity contribution < 1.29 is 9.47 Å². The van der Waals surface area contributed by atoms with E-state index in [2.05, 4.69) is 17.1 Å². The van der Waals surface area contributed by atoms with Crippen molar-refractivity contribution >= 4 is 17.4 Å². The lowest BCUT2D eigenvalue weighted by molar-refractivity contribution is -0.197. The second-order valence-electron chi connectivity index (χ2n) is 6.81. The van der Waals surface area contributed by atoms with Crippen molar-refractivity contribution in [2.45, 2.75) is 37.7 Å². The minimum absolute atomic E-state index is 0.0903. The van der Waals surface area contributed by atoms with Crippen molar-refractivity contribution in [3.8, 4) is 12.1 Å². The number of ether oxygens (including phenoxy) is 2. The van der Waals surface area contributed by atoms with Crippen molar-refractivity contribution in [3.63, 3.8) is 0 Å². The fraction of sp³-hybridized carbons (Fsp3) is 0.500. The average molecular weight is 357 g/mol. The summed E-state index contributed by atoms with van der Waals surface area (Å²) in [6, 6.07) is 11.8. The predicted molar refractivity (Wildman–Crippen MR) is 90.4 cm³/mol. The van der Waals surface area contributed by atoms with Crippen LogP contribution in [0.1, 0.15) is 25.8 Å². The molecule has 3 aliphatic rings. The molecule has 6 nitrogen and oxygen atoms in total. The van der Waals surface area contributed by atoms with Gasteiger partial charge in [-0.05, 0) is 31.0 Å². The summed E-state index contributed by atoms with van der Waals surface area (Å²) >= 11 is 6.19.